The Kier molecular flexibility index (Phi) is 2.89. The molecule has 1 atom stereocenters. The zero-order valence-electron chi connectivity index (χ0n) is 10.6. The van der Waals surface area contributed by atoms with E-state index in [0.29, 0.717) is 24.3 Å². The molecule has 4 nitrogen and oxygen atoms in total. The summed E-state index contributed by atoms with van der Waals surface area (Å²) in [5.74, 6) is -0.0748. The molecule has 1 fully saturated rings. The van der Waals surface area contributed by atoms with Gasteiger partial charge >= 0.3 is 5.97 Å². The first-order chi connectivity index (χ1) is 9.08. The fourth-order valence-corrected chi connectivity index (χ4v) is 4.02. The number of rotatable bonds is 1. The van der Waals surface area contributed by atoms with Gasteiger partial charge in [-0.1, -0.05) is 15.9 Å². The fourth-order valence-electron chi connectivity index (χ4n) is 3.18. The van der Waals surface area contributed by atoms with Gasteiger partial charge in [-0.05, 0) is 25.0 Å². The van der Waals surface area contributed by atoms with Crippen molar-refractivity contribution >= 4 is 33.4 Å². The minimum absolute atomic E-state index is 0.297. The third kappa shape index (κ3) is 1.71. The van der Waals surface area contributed by atoms with Gasteiger partial charge in [-0.2, -0.15) is 0 Å². The van der Waals surface area contributed by atoms with E-state index in [1.54, 1.807) is 12.1 Å². The van der Waals surface area contributed by atoms with Crippen LogP contribution in [0.3, 0.4) is 0 Å². The molecule has 1 saturated carbocycles. The van der Waals surface area contributed by atoms with Gasteiger partial charge in [0, 0.05) is 28.7 Å². The Hall–Kier alpha value is -1.36. The molecule has 1 N–H and O–H groups in total. The smallest absolute Gasteiger partial charge is 0.337 e. The number of benzene rings is 1. The lowest BCUT2D eigenvalue weighted by molar-refractivity contribution is -0.121. The van der Waals surface area contributed by atoms with E-state index in [-0.39, 0.29) is 5.97 Å². The molecule has 0 amide bonds. The molecule has 2 aliphatic rings. The maximum absolute atomic E-state index is 12.2. The highest BCUT2D eigenvalue weighted by molar-refractivity contribution is 9.10. The number of hydrogen-bond acceptors (Lipinski definition) is 4. The van der Waals surface area contributed by atoms with Crippen LogP contribution in [0.5, 0.6) is 0 Å². The number of anilines is 1. The number of nitrogens with one attached hydrogen (secondary N) is 1. The molecule has 1 spiro atoms. The SMILES string of the molecule is COC(=O)c1cc(Br)c2c(c1)NCC21CCCC1=O. The lowest BCUT2D eigenvalue weighted by Crippen LogP contribution is -2.33. The molecule has 1 aliphatic carbocycles. The standard InChI is InChI=1S/C14H14BrNO3/c1-19-13(18)8-5-9(15)12-10(6-8)16-7-14(12)4-2-3-11(14)17/h5-6,16H,2-4,7H2,1H3. The topological polar surface area (TPSA) is 55.4 Å². The van der Waals surface area contributed by atoms with Crippen LogP contribution in [0.1, 0.15) is 35.2 Å². The summed E-state index contributed by atoms with van der Waals surface area (Å²) in [6, 6.07) is 3.51. The predicted molar refractivity (Wildman–Crippen MR) is 74.5 cm³/mol. The van der Waals surface area contributed by atoms with Crippen LogP contribution in [-0.4, -0.2) is 25.4 Å². The van der Waals surface area contributed by atoms with Gasteiger partial charge in [0.2, 0.25) is 0 Å². The van der Waals surface area contributed by atoms with Gasteiger partial charge in [0.05, 0.1) is 18.1 Å². The summed E-state index contributed by atoms with van der Waals surface area (Å²) in [7, 11) is 1.36. The highest BCUT2D eigenvalue weighted by Gasteiger charge is 2.49. The van der Waals surface area contributed by atoms with Crippen molar-refractivity contribution in [3.05, 3.63) is 27.7 Å². The molecule has 1 aromatic rings. The van der Waals surface area contributed by atoms with E-state index in [2.05, 4.69) is 21.2 Å². The summed E-state index contributed by atoms with van der Waals surface area (Å²) in [5, 5.41) is 3.26. The molecule has 5 heteroatoms. The maximum Gasteiger partial charge on any atom is 0.337 e. The normalized spacial score (nSPS) is 24.4. The third-order valence-corrected chi connectivity index (χ3v) is 4.74. The van der Waals surface area contributed by atoms with Crippen LogP contribution >= 0.6 is 15.9 Å². The average molecular weight is 324 g/mol. The summed E-state index contributed by atoms with van der Waals surface area (Å²) in [4.78, 5) is 23.8. The lowest BCUT2D eigenvalue weighted by Gasteiger charge is -2.22. The van der Waals surface area contributed by atoms with Gasteiger partial charge in [-0.15, -0.1) is 0 Å². The van der Waals surface area contributed by atoms with E-state index in [1.807, 2.05) is 0 Å². The van der Waals surface area contributed by atoms with Crippen LogP contribution in [0.2, 0.25) is 0 Å². The van der Waals surface area contributed by atoms with E-state index in [1.165, 1.54) is 7.11 Å². The fraction of sp³-hybridized carbons (Fsp3) is 0.429. The van der Waals surface area contributed by atoms with E-state index < -0.39 is 5.41 Å². The Bertz CT molecular complexity index is 584. The third-order valence-electron chi connectivity index (χ3n) is 4.11. The second kappa shape index (κ2) is 4.34. The quantitative estimate of drug-likeness (QED) is 0.807. The largest absolute Gasteiger partial charge is 0.465 e. The number of Topliss-reactive ketones (excluding diaryl/α,β-unsaturated/α-hetero) is 1. The molecule has 1 unspecified atom stereocenters. The molecule has 3 rings (SSSR count). The van der Waals surface area contributed by atoms with E-state index in [9.17, 15) is 9.59 Å². The highest BCUT2D eigenvalue weighted by atomic mass is 79.9. The molecule has 0 saturated heterocycles. The van der Waals surface area contributed by atoms with Gasteiger partial charge in [0.15, 0.2) is 0 Å². The van der Waals surface area contributed by atoms with Crippen molar-refractivity contribution in [3.8, 4) is 0 Å². The molecule has 0 aromatic heterocycles. The predicted octanol–water partition coefficient (Wildman–Crippen LogP) is 2.65. The van der Waals surface area contributed by atoms with Gasteiger partial charge in [-0.3, -0.25) is 4.79 Å². The van der Waals surface area contributed by atoms with Gasteiger partial charge in [-0.25, -0.2) is 4.79 Å². The minimum Gasteiger partial charge on any atom is -0.465 e. The minimum atomic E-state index is -0.400. The first-order valence-electron chi connectivity index (χ1n) is 6.28. The zero-order valence-corrected chi connectivity index (χ0v) is 12.2. The van der Waals surface area contributed by atoms with Crippen LogP contribution in [0.4, 0.5) is 5.69 Å². The Morgan fingerprint density at radius 3 is 2.89 bits per heavy atom. The zero-order chi connectivity index (χ0) is 13.6. The monoisotopic (exact) mass is 323 g/mol. The molecule has 100 valence electrons. The highest BCUT2D eigenvalue weighted by Crippen LogP contribution is 2.49. The van der Waals surface area contributed by atoms with E-state index >= 15 is 0 Å². The van der Waals surface area contributed by atoms with Crippen LogP contribution in [0.25, 0.3) is 0 Å². The number of ketones is 1. The number of methoxy groups -OCH3 is 1. The molecule has 0 bridgehead atoms. The van der Waals surface area contributed by atoms with Crippen LogP contribution in [0, 0.1) is 0 Å². The summed E-state index contributed by atoms with van der Waals surface area (Å²) in [6.07, 6.45) is 2.46. The van der Waals surface area contributed by atoms with Crippen molar-refractivity contribution in [2.24, 2.45) is 0 Å². The van der Waals surface area contributed by atoms with Crippen molar-refractivity contribution in [2.45, 2.75) is 24.7 Å². The molecular formula is C14H14BrNO3. The second-order valence-corrected chi connectivity index (χ2v) is 5.94. The van der Waals surface area contributed by atoms with Crippen molar-refractivity contribution in [1.29, 1.82) is 0 Å². The summed E-state index contributed by atoms with van der Waals surface area (Å²) in [6.45, 7) is 0.629. The number of carbonyl (C=O) groups excluding carboxylic acids is 2. The van der Waals surface area contributed by atoms with Gasteiger partial charge < -0.3 is 10.1 Å². The molecule has 1 heterocycles. The Labute approximate surface area is 119 Å². The summed E-state index contributed by atoms with van der Waals surface area (Å²) >= 11 is 3.51. The Balaban J connectivity index is 2.13. The lowest BCUT2D eigenvalue weighted by atomic mass is 9.80. The van der Waals surface area contributed by atoms with E-state index in [0.717, 1.165) is 28.6 Å². The Morgan fingerprint density at radius 2 is 2.26 bits per heavy atom. The van der Waals surface area contributed by atoms with Crippen molar-refractivity contribution in [1.82, 2.24) is 0 Å². The molecule has 0 radical (unpaired) electrons. The first-order valence-corrected chi connectivity index (χ1v) is 7.07. The number of carbonyl (C=O) groups is 2. The Morgan fingerprint density at radius 1 is 1.47 bits per heavy atom. The summed E-state index contributed by atoms with van der Waals surface area (Å²) < 4.78 is 5.55. The molecule has 1 aromatic carbocycles. The number of ether oxygens (including phenoxy) is 1. The maximum atomic E-state index is 12.2. The number of esters is 1. The van der Waals surface area contributed by atoms with Crippen molar-refractivity contribution < 1.29 is 14.3 Å². The van der Waals surface area contributed by atoms with E-state index in [4.69, 9.17) is 4.74 Å². The molecular weight excluding hydrogens is 310 g/mol. The first kappa shape index (κ1) is 12.7. The van der Waals surface area contributed by atoms with Crippen molar-refractivity contribution in [2.75, 3.05) is 19.0 Å². The van der Waals surface area contributed by atoms with Crippen LogP contribution in [-0.2, 0) is 14.9 Å². The number of halogens is 1. The van der Waals surface area contributed by atoms with Crippen LogP contribution in [0.15, 0.2) is 16.6 Å². The molecule has 1 aliphatic heterocycles. The van der Waals surface area contributed by atoms with Crippen LogP contribution < -0.4 is 5.32 Å². The summed E-state index contributed by atoms with van der Waals surface area (Å²) in [5.41, 5.74) is 1.96. The molecule has 19 heavy (non-hydrogen) atoms. The van der Waals surface area contributed by atoms with Crippen molar-refractivity contribution in [3.63, 3.8) is 0 Å². The average Bonchev–Trinajstić information content (AvgIpc) is 2.95. The number of hydrogen-bond donors (Lipinski definition) is 1. The van der Waals surface area contributed by atoms with Gasteiger partial charge in [0.25, 0.3) is 0 Å². The second-order valence-electron chi connectivity index (χ2n) is 5.08. The number of fused-ring (bicyclic) bond motifs is 2. The van der Waals surface area contributed by atoms with Gasteiger partial charge in [0.1, 0.15) is 5.78 Å².